The minimum atomic E-state index is 0. The third-order valence-electron chi connectivity index (χ3n) is 5.62. The Bertz CT molecular complexity index is 589. The zero-order valence-corrected chi connectivity index (χ0v) is 18.0. The Kier molecular flexibility index (Phi) is 7.16. The number of aliphatic imine (C=N–C) groups is 1. The molecule has 146 valence electrons. The lowest BCUT2D eigenvalue weighted by Crippen LogP contribution is -2.46. The van der Waals surface area contributed by atoms with E-state index >= 15 is 0 Å². The van der Waals surface area contributed by atoms with Crippen LogP contribution in [0.4, 0.5) is 0 Å². The molecule has 0 spiro atoms. The number of nitrogens with one attached hydrogen (secondary N) is 1. The summed E-state index contributed by atoms with van der Waals surface area (Å²) < 4.78 is 7.79. The van der Waals surface area contributed by atoms with Crippen LogP contribution in [0.15, 0.2) is 11.2 Å². The van der Waals surface area contributed by atoms with E-state index in [1.54, 1.807) is 0 Å². The molecule has 1 atom stereocenters. The molecule has 0 radical (unpaired) electrons. The van der Waals surface area contributed by atoms with Crippen molar-refractivity contribution >= 4 is 29.9 Å². The molecule has 4 heterocycles. The number of guanidine groups is 1. The van der Waals surface area contributed by atoms with Crippen LogP contribution >= 0.6 is 24.0 Å². The highest BCUT2D eigenvalue weighted by molar-refractivity contribution is 14.0. The lowest BCUT2D eigenvalue weighted by Gasteiger charge is -2.32. The maximum absolute atomic E-state index is 5.48. The molecular weight excluding hydrogens is 443 g/mol. The average molecular weight is 474 g/mol. The first-order chi connectivity index (χ1) is 12.3. The molecule has 1 N–H and O–H groups in total. The fourth-order valence-electron chi connectivity index (χ4n) is 4.23. The van der Waals surface area contributed by atoms with Crippen molar-refractivity contribution in [3.05, 3.63) is 17.7 Å². The standard InChI is InChI=1S/C18H30N6O.HI/c1-19-18(20-12-15-13-23-6-3-2-4-17(23)21-15)24-7-5-16(14-24)22-8-10-25-11-9-22;/h13,16H,2-12,14H2,1H3,(H,19,20);1H. The molecule has 0 bridgehead atoms. The van der Waals surface area contributed by atoms with E-state index in [0.717, 1.165) is 70.6 Å². The molecule has 26 heavy (non-hydrogen) atoms. The number of likely N-dealkylation sites (tertiary alicyclic amines) is 1. The Morgan fingerprint density at radius 2 is 2.12 bits per heavy atom. The highest BCUT2D eigenvalue weighted by Gasteiger charge is 2.30. The summed E-state index contributed by atoms with van der Waals surface area (Å²) in [4.78, 5) is 14.2. The van der Waals surface area contributed by atoms with Crippen LogP contribution in [0, 0.1) is 0 Å². The second-order valence-corrected chi connectivity index (χ2v) is 7.24. The normalized spacial score (nSPS) is 24.3. The van der Waals surface area contributed by atoms with E-state index in [2.05, 4.69) is 30.9 Å². The fourth-order valence-corrected chi connectivity index (χ4v) is 4.23. The number of aryl methyl sites for hydroxylation is 2. The van der Waals surface area contributed by atoms with Gasteiger partial charge in [-0.1, -0.05) is 0 Å². The highest BCUT2D eigenvalue weighted by atomic mass is 127. The van der Waals surface area contributed by atoms with Gasteiger partial charge in [0.15, 0.2) is 5.96 Å². The Morgan fingerprint density at radius 1 is 1.27 bits per heavy atom. The number of rotatable bonds is 3. The van der Waals surface area contributed by atoms with Gasteiger partial charge in [0.1, 0.15) is 5.82 Å². The number of aromatic nitrogens is 2. The number of nitrogens with zero attached hydrogens (tertiary/aromatic N) is 5. The number of ether oxygens (including phenoxy) is 1. The zero-order chi connectivity index (χ0) is 17.1. The van der Waals surface area contributed by atoms with E-state index in [9.17, 15) is 0 Å². The van der Waals surface area contributed by atoms with Crippen LogP contribution in [0.2, 0.25) is 0 Å². The molecule has 1 aromatic heterocycles. The quantitative estimate of drug-likeness (QED) is 0.407. The maximum Gasteiger partial charge on any atom is 0.194 e. The first kappa shape index (κ1) is 19.9. The second-order valence-electron chi connectivity index (χ2n) is 7.24. The Morgan fingerprint density at radius 3 is 2.88 bits per heavy atom. The van der Waals surface area contributed by atoms with Gasteiger partial charge in [-0.15, -0.1) is 24.0 Å². The summed E-state index contributed by atoms with van der Waals surface area (Å²) in [6.07, 6.45) is 7.06. The van der Waals surface area contributed by atoms with Crippen molar-refractivity contribution in [2.45, 2.75) is 44.8 Å². The van der Waals surface area contributed by atoms with Crippen molar-refractivity contribution in [2.75, 3.05) is 46.4 Å². The van der Waals surface area contributed by atoms with Gasteiger partial charge in [0, 0.05) is 58.4 Å². The van der Waals surface area contributed by atoms with Crippen LogP contribution in [0.3, 0.4) is 0 Å². The summed E-state index contributed by atoms with van der Waals surface area (Å²) in [5.74, 6) is 2.24. The Balaban J connectivity index is 0.00000196. The van der Waals surface area contributed by atoms with E-state index < -0.39 is 0 Å². The molecule has 7 nitrogen and oxygen atoms in total. The van der Waals surface area contributed by atoms with Gasteiger partial charge in [0.25, 0.3) is 0 Å². The van der Waals surface area contributed by atoms with E-state index in [0.29, 0.717) is 6.04 Å². The molecule has 0 aromatic carbocycles. The number of hydrogen-bond acceptors (Lipinski definition) is 4. The monoisotopic (exact) mass is 474 g/mol. The van der Waals surface area contributed by atoms with Crippen LogP contribution in [0.25, 0.3) is 0 Å². The summed E-state index contributed by atoms with van der Waals surface area (Å²) >= 11 is 0. The van der Waals surface area contributed by atoms with E-state index in [-0.39, 0.29) is 24.0 Å². The van der Waals surface area contributed by atoms with Crippen LogP contribution in [-0.2, 0) is 24.2 Å². The van der Waals surface area contributed by atoms with Gasteiger partial charge in [0.2, 0.25) is 0 Å². The molecule has 0 aliphatic carbocycles. The Hall–Kier alpha value is -0.870. The summed E-state index contributed by atoms with van der Waals surface area (Å²) in [5, 5.41) is 3.52. The van der Waals surface area contributed by atoms with Crippen LogP contribution in [-0.4, -0.2) is 77.8 Å². The molecular formula is C18H31IN6O. The van der Waals surface area contributed by atoms with Gasteiger partial charge in [-0.2, -0.15) is 0 Å². The SMILES string of the molecule is CN=C(NCc1cn2c(n1)CCCC2)N1CCC(N2CCOCC2)C1.I. The molecule has 0 amide bonds. The summed E-state index contributed by atoms with van der Waals surface area (Å²) in [5.41, 5.74) is 1.13. The number of halogens is 1. The van der Waals surface area contributed by atoms with Gasteiger partial charge >= 0.3 is 0 Å². The minimum absolute atomic E-state index is 0. The maximum atomic E-state index is 5.48. The number of fused-ring (bicyclic) bond motifs is 1. The number of hydrogen-bond donors (Lipinski definition) is 1. The largest absolute Gasteiger partial charge is 0.379 e. The molecule has 2 saturated heterocycles. The first-order valence-electron chi connectivity index (χ1n) is 9.66. The first-order valence-corrected chi connectivity index (χ1v) is 9.66. The van der Waals surface area contributed by atoms with Gasteiger partial charge in [-0.3, -0.25) is 9.89 Å². The van der Waals surface area contributed by atoms with E-state index in [1.165, 1.54) is 25.1 Å². The molecule has 1 unspecified atom stereocenters. The van der Waals surface area contributed by atoms with Crippen molar-refractivity contribution in [2.24, 2.45) is 4.99 Å². The number of imidazole rings is 1. The predicted molar refractivity (Wildman–Crippen MR) is 113 cm³/mol. The molecule has 3 aliphatic rings. The summed E-state index contributed by atoms with van der Waals surface area (Å²) in [6, 6.07) is 0.627. The van der Waals surface area contributed by atoms with Gasteiger partial charge in [0.05, 0.1) is 25.5 Å². The van der Waals surface area contributed by atoms with E-state index in [4.69, 9.17) is 9.72 Å². The zero-order valence-electron chi connectivity index (χ0n) is 15.7. The molecule has 1 aromatic rings. The predicted octanol–water partition coefficient (Wildman–Crippen LogP) is 1.32. The molecule has 4 rings (SSSR count). The van der Waals surface area contributed by atoms with Crippen molar-refractivity contribution in [1.29, 1.82) is 0 Å². The molecule has 2 fully saturated rings. The third-order valence-corrected chi connectivity index (χ3v) is 5.62. The summed E-state index contributed by atoms with van der Waals surface area (Å²) in [6.45, 7) is 7.86. The molecule has 0 saturated carbocycles. The Labute approximate surface area is 173 Å². The van der Waals surface area contributed by atoms with Crippen molar-refractivity contribution in [1.82, 2.24) is 24.7 Å². The van der Waals surface area contributed by atoms with Crippen LogP contribution in [0.1, 0.15) is 30.8 Å². The minimum Gasteiger partial charge on any atom is -0.379 e. The fraction of sp³-hybridized carbons (Fsp3) is 0.778. The van der Waals surface area contributed by atoms with E-state index in [1.807, 2.05) is 7.05 Å². The lowest BCUT2D eigenvalue weighted by atomic mass is 10.2. The van der Waals surface area contributed by atoms with Gasteiger partial charge in [-0.25, -0.2) is 4.98 Å². The van der Waals surface area contributed by atoms with Gasteiger partial charge < -0.3 is 19.5 Å². The van der Waals surface area contributed by atoms with Crippen LogP contribution < -0.4 is 5.32 Å². The summed E-state index contributed by atoms with van der Waals surface area (Å²) in [7, 11) is 1.88. The topological polar surface area (TPSA) is 57.9 Å². The smallest absolute Gasteiger partial charge is 0.194 e. The molecule has 3 aliphatic heterocycles. The number of morpholine rings is 1. The average Bonchev–Trinajstić information content (AvgIpc) is 3.30. The van der Waals surface area contributed by atoms with Gasteiger partial charge in [-0.05, 0) is 19.3 Å². The lowest BCUT2D eigenvalue weighted by molar-refractivity contribution is 0.0195. The van der Waals surface area contributed by atoms with Crippen molar-refractivity contribution in [3.8, 4) is 0 Å². The molecule has 8 heteroatoms. The third kappa shape index (κ3) is 4.51. The highest BCUT2D eigenvalue weighted by Crippen LogP contribution is 2.18. The van der Waals surface area contributed by atoms with Crippen LogP contribution in [0.5, 0.6) is 0 Å². The van der Waals surface area contributed by atoms with Crippen molar-refractivity contribution in [3.63, 3.8) is 0 Å². The van der Waals surface area contributed by atoms with Crippen molar-refractivity contribution < 1.29 is 4.74 Å². The second kappa shape index (κ2) is 9.36.